The number of rotatable bonds is 5. The number of halogens is 1. The van der Waals surface area contributed by atoms with E-state index < -0.39 is 0 Å². The normalized spacial score (nSPS) is 12.0. The van der Waals surface area contributed by atoms with E-state index in [1.165, 1.54) is 17.4 Å². The highest BCUT2D eigenvalue weighted by Gasteiger charge is 2.11. The summed E-state index contributed by atoms with van der Waals surface area (Å²) in [5.41, 5.74) is 1.66. The lowest BCUT2D eigenvalue weighted by molar-refractivity contribution is -0.118. The van der Waals surface area contributed by atoms with Gasteiger partial charge >= 0.3 is 0 Å². The Morgan fingerprint density at radius 1 is 1.17 bits per heavy atom. The molecule has 24 heavy (non-hydrogen) atoms. The fourth-order valence-corrected chi connectivity index (χ4v) is 3.75. The molecule has 0 aliphatic heterocycles. The van der Waals surface area contributed by atoms with Crippen molar-refractivity contribution in [2.24, 2.45) is 4.99 Å². The van der Waals surface area contributed by atoms with Crippen LogP contribution in [0.1, 0.15) is 25.3 Å². The Labute approximate surface area is 144 Å². The summed E-state index contributed by atoms with van der Waals surface area (Å²) in [7, 11) is 0. The molecule has 0 bridgehead atoms. The van der Waals surface area contributed by atoms with E-state index in [1.807, 2.05) is 47.9 Å². The quantitative estimate of drug-likeness (QED) is 0.680. The highest BCUT2D eigenvalue weighted by molar-refractivity contribution is 7.16. The van der Waals surface area contributed by atoms with Crippen molar-refractivity contribution in [3.8, 4) is 0 Å². The van der Waals surface area contributed by atoms with Crippen LogP contribution in [0.25, 0.3) is 10.2 Å². The zero-order valence-electron chi connectivity index (χ0n) is 13.5. The maximum Gasteiger partial charge on any atom is 0.248 e. The second-order valence-corrected chi connectivity index (χ2v) is 6.62. The van der Waals surface area contributed by atoms with Crippen molar-refractivity contribution in [2.75, 3.05) is 0 Å². The van der Waals surface area contributed by atoms with E-state index in [2.05, 4.69) is 4.99 Å². The number of hydrogen-bond donors (Lipinski definition) is 0. The smallest absolute Gasteiger partial charge is 0.248 e. The zero-order chi connectivity index (χ0) is 16.9. The fraction of sp³-hybridized carbons (Fsp3) is 0.263. The van der Waals surface area contributed by atoms with Gasteiger partial charge in [0.25, 0.3) is 0 Å². The van der Waals surface area contributed by atoms with E-state index in [4.69, 9.17) is 0 Å². The number of carbonyl (C=O) groups excluding carboxylic acids is 1. The van der Waals surface area contributed by atoms with Gasteiger partial charge in [-0.3, -0.25) is 4.79 Å². The van der Waals surface area contributed by atoms with Crippen LogP contribution >= 0.6 is 11.3 Å². The van der Waals surface area contributed by atoms with Crippen LogP contribution in [0.4, 0.5) is 4.39 Å². The number of hydrogen-bond acceptors (Lipinski definition) is 2. The minimum absolute atomic E-state index is 0.171. The predicted octanol–water partition coefficient (Wildman–Crippen LogP) is 4.31. The summed E-state index contributed by atoms with van der Waals surface area (Å²) >= 11 is 1.36. The van der Waals surface area contributed by atoms with Crippen molar-refractivity contribution in [3.05, 3.63) is 64.7 Å². The molecule has 0 radical (unpaired) electrons. The first-order valence-electron chi connectivity index (χ1n) is 8.08. The average molecular weight is 342 g/mol. The number of fused-ring (bicyclic) bond motifs is 1. The van der Waals surface area contributed by atoms with Gasteiger partial charge in [0.05, 0.1) is 10.2 Å². The first-order chi connectivity index (χ1) is 11.7. The van der Waals surface area contributed by atoms with E-state index >= 15 is 0 Å². The molecule has 0 spiro atoms. The molecule has 0 saturated heterocycles. The highest BCUT2D eigenvalue weighted by atomic mass is 32.1. The molecular formula is C19H19FN2OS. The Balaban J connectivity index is 1.90. The van der Waals surface area contributed by atoms with Crippen molar-refractivity contribution in [3.63, 3.8) is 0 Å². The SMILES string of the molecule is CCCn1c(=NC(=O)CCc2ccccc2)sc2cccc(F)c21. The molecule has 0 N–H and O–H groups in total. The molecule has 1 aromatic heterocycles. The Hall–Kier alpha value is -2.27. The number of benzene rings is 2. The second-order valence-electron chi connectivity index (χ2n) is 5.61. The Morgan fingerprint density at radius 2 is 1.96 bits per heavy atom. The van der Waals surface area contributed by atoms with Gasteiger partial charge in [-0.05, 0) is 30.5 Å². The van der Waals surface area contributed by atoms with E-state index in [-0.39, 0.29) is 11.7 Å². The van der Waals surface area contributed by atoms with Crippen LogP contribution in [0, 0.1) is 5.82 Å². The van der Waals surface area contributed by atoms with Crippen LogP contribution in [-0.4, -0.2) is 10.5 Å². The lowest BCUT2D eigenvalue weighted by Gasteiger charge is -2.03. The Kier molecular flexibility index (Phi) is 5.20. The molecular weight excluding hydrogens is 323 g/mol. The standard InChI is InChI=1S/C19H19FN2OS/c1-2-13-22-18-15(20)9-6-10-16(18)24-19(22)21-17(23)12-11-14-7-4-3-5-8-14/h3-10H,2,11-13H2,1H3. The Morgan fingerprint density at radius 3 is 2.71 bits per heavy atom. The van der Waals surface area contributed by atoms with Gasteiger partial charge in [-0.1, -0.05) is 54.7 Å². The molecule has 2 aromatic carbocycles. The number of para-hydroxylation sites is 1. The average Bonchev–Trinajstić information content (AvgIpc) is 2.93. The summed E-state index contributed by atoms with van der Waals surface area (Å²) in [6, 6.07) is 14.9. The van der Waals surface area contributed by atoms with Crippen molar-refractivity contribution >= 4 is 27.5 Å². The molecule has 1 amide bonds. The summed E-state index contributed by atoms with van der Waals surface area (Å²) in [6.45, 7) is 2.67. The number of amides is 1. The van der Waals surface area contributed by atoms with Crippen LogP contribution in [0.15, 0.2) is 53.5 Å². The summed E-state index contributed by atoms with van der Waals surface area (Å²) in [5.74, 6) is -0.439. The molecule has 0 aliphatic carbocycles. The fourth-order valence-electron chi connectivity index (χ4n) is 2.66. The number of aryl methyl sites for hydroxylation is 2. The van der Waals surface area contributed by atoms with Gasteiger partial charge in [0, 0.05) is 13.0 Å². The largest absolute Gasteiger partial charge is 0.314 e. The second kappa shape index (κ2) is 7.53. The molecule has 0 atom stereocenters. The maximum atomic E-state index is 14.1. The van der Waals surface area contributed by atoms with Gasteiger partial charge in [-0.2, -0.15) is 4.99 Å². The van der Waals surface area contributed by atoms with Crippen LogP contribution in [-0.2, 0) is 17.8 Å². The molecule has 3 nitrogen and oxygen atoms in total. The minimum Gasteiger partial charge on any atom is -0.314 e. The van der Waals surface area contributed by atoms with Gasteiger partial charge in [0.1, 0.15) is 5.82 Å². The zero-order valence-corrected chi connectivity index (χ0v) is 14.4. The number of thiazole rings is 1. The van der Waals surface area contributed by atoms with Crippen LogP contribution in [0.3, 0.4) is 0 Å². The van der Waals surface area contributed by atoms with Crippen molar-refractivity contribution in [1.82, 2.24) is 4.57 Å². The number of carbonyl (C=O) groups is 1. The first-order valence-corrected chi connectivity index (χ1v) is 8.90. The molecule has 0 aliphatic rings. The third-order valence-corrected chi connectivity index (χ3v) is 4.83. The molecule has 3 rings (SSSR count). The van der Waals surface area contributed by atoms with Crippen LogP contribution in [0.5, 0.6) is 0 Å². The van der Waals surface area contributed by atoms with Gasteiger partial charge < -0.3 is 4.57 Å². The Bertz CT molecular complexity index is 912. The number of aromatic nitrogens is 1. The van der Waals surface area contributed by atoms with Gasteiger partial charge in [-0.25, -0.2) is 4.39 Å². The molecule has 0 fully saturated rings. The summed E-state index contributed by atoms with van der Waals surface area (Å²) in [6.07, 6.45) is 1.87. The first kappa shape index (κ1) is 16.6. The number of nitrogens with zero attached hydrogens (tertiary/aromatic N) is 2. The molecule has 124 valence electrons. The van der Waals surface area contributed by atoms with E-state index in [1.54, 1.807) is 6.07 Å². The summed E-state index contributed by atoms with van der Waals surface area (Å²) in [5, 5.41) is 0. The lowest BCUT2D eigenvalue weighted by atomic mass is 10.1. The molecule has 0 saturated carbocycles. The van der Waals surface area contributed by atoms with Gasteiger partial charge in [0.2, 0.25) is 5.91 Å². The van der Waals surface area contributed by atoms with Crippen molar-refractivity contribution in [1.29, 1.82) is 0 Å². The predicted molar refractivity (Wildman–Crippen MR) is 95.4 cm³/mol. The topological polar surface area (TPSA) is 34.4 Å². The third-order valence-electron chi connectivity index (χ3n) is 3.79. The minimum atomic E-state index is -0.268. The third kappa shape index (κ3) is 3.62. The summed E-state index contributed by atoms with van der Waals surface area (Å²) in [4.78, 5) is 17.1. The molecule has 0 unspecified atom stereocenters. The molecule has 3 aromatic rings. The van der Waals surface area contributed by atoms with E-state index in [9.17, 15) is 9.18 Å². The molecule has 5 heteroatoms. The van der Waals surface area contributed by atoms with Gasteiger partial charge in [0.15, 0.2) is 4.80 Å². The van der Waals surface area contributed by atoms with Crippen LogP contribution in [0.2, 0.25) is 0 Å². The maximum absolute atomic E-state index is 14.1. The van der Waals surface area contributed by atoms with E-state index in [0.717, 1.165) is 16.7 Å². The van der Waals surface area contributed by atoms with Gasteiger partial charge in [-0.15, -0.1) is 0 Å². The van der Waals surface area contributed by atoms with Crippen molar-refractivity contribution < 1.29 is 9.18 Å². The van der Waals surface area contributed by atoms with E-state index in [0.29, 0.717) is 29.7 Å². The lowest BCUT2D eigenvalue weighted by Crippen LogP contribution is -2.17. The van der Waals surface area contributed by atoms with Crippen LogP contribution < -0.4 is 4.80 Å². The van der Waals surface area contributed by atoms with Crippen molar-refractivity contribution in [2.45, 2.75) is 32.7 Å². The molecule has 1 heterocycles. The highest BCUT2D eigenvalue weighted by Crippen LogP contribution is 2.20. The monoisotopic (exact) mass is 342 g/mol. The summed E-state index contributed by atoms with van der Waals surface area (Å²) < 4.78 is 16.8.